The third-order valence-corrected chi connectivity index (χ3v) is 3.94. The molecule has 0 spiro atoms. The maximum Gasteiger partial charge on any atom is 0.300 e. The summed E-state index contributed by atoms with van der Waals surface area (Å²) in [7, 11) is 1.55. The monoisotopic (exact) mass is 335 g/mol. The summed E-state index contributed by atoms with van der Waals surface area (Å²) in [4.78, 5) is 29.6. The van der Waals surface area contributed by atoms with Crippen molar-refractivity contribution in [2.45, 2.75) is 0 Å². The van der Waals surface area contributed by atoms with Gasteiger partial charge in [-0.15, -0.1) is 0 Å². The molecule has 2 aromatic heterocycles. The summed E-state index contributed by atoms with van der Waals surface area (Å²) in [6.45, 7) is 0. The predicted molar refractivity (Wildman–Crippen MR) is 93.2 cm³/mol. The van der Waals surface area contributed by atoms with Crippen LogP contribution in [-0.4, -0.2) is 26.4 Å². The third-order valence-electron chi connectivity index (χ3n) is 3.94. The Morgan fingerprint density at radius 2 is 1.72 bits per heavy atom. The number of nitrogens with two attached hydrogens (primary N) is 1. The number of hydrogen-bond donors (Lipinski definition) is 1. The van der Waals surface area contributed by atoms with Gasteiger partial charge in [0.1, 0.15) is 5.75 Å². The molecule has 0 bridgehead atoms. The topological polar surface area (TPSA) is 105 Å². The predicted octanol–water partition coefficient (Wildman–Crippen LogP) is 0.794. The Morgan fingerprint density at radius 3 is 2.44 bits per heavy atom. The standard InChI is InChI=1S/C17H13N5O3/c1-25-11-8-6-10(7-9-11)14-16(24)21(18)17-19-13-5-3-2-4-12(13)15(23)22(17)20-14/h2-9H,18H2,1H3. The normalized spacial score (nSPS) is 11.1. The first kappa shape index (κ1) is 14.9. The van der Waals surface area contributed by atoms with Crippen LogP contribution in [0.15, 0.2) is 58.1 Å². The quantitative estimate of drug-likeness (QED) is 0.429. The van der Waals surface area contributed by atoms with Crippen molar-refractivity contribution >= 4 is 16.7 Å². The first-order chi connectivity index (χ1) is 12.1. The fraction of sp³-hybridized carbons (Fsp3) is 0.0588. The van der Waals surface area contributed by atoms with Gasteiger partial charge in [-0.3, -0.25) is 9.59 Å². The molecule has 25 heavy (non-hydrogen) atoms. The number of hydrogen-bond acceptors (Lipinski definition) is 6. The molecule has 8 nitrogen and oxygen atoms in total. The van der Waals surface area contributed by atoms with Crippen molar-refractivity contribution < 1.29 is 4.74 Å². The van der Waals surface area contributed by atoms with Crippen molar-refractivity contribution in [2.75, 3.05) is 13.0 Å². The maximum atomic E-state index is 12.7. The van der Waals surface area contributed by atoms with Crippen LogP contribution in [0, 0.1) is 0 Å². The summed E-state index contributed by atoms with van der Waals surface area (Å²) in [5, 5.41) is 4.59. The summed E-state index contributed by atoms with van der Waals surface area (Å²) < 4.78 is 6.98. The molecule has 0 aliphatic carbocycles. The van der Waals surface area contributed by atoms with Crippen molar-refractivity contribution in [3.8, 4) is 17.0 Å². The van der Waals surface area contributed by atoms with E-state index in [9.17, 15) is 9.59 Å². The van der Waals surface area contributed by atoms with Crippen molar-refractivity contribution in [1.29, 1.82) is 0 Å². The van der Waals surface area contributed by atoms with Gasteiger partial charge in [0.2, 0.25) is 0 Å². The zero-order valence-electron chi connectivity index (χ0n) is 13.2. The maximum absolute atomic E-state index is 12.7. The van der Waals surface area contributed by atoms with E-state index in [4.69, 9.17) is 10.6 Å². The second-order valence-corrected chi connectivity index (χ2v) is 5.40. The Labute approximate surface area is 140 Å². The summed E-state index contributed by atoms with van der Waals surface area (Å²) in [5.74, 6) is 6.51. The minimum Gasteiger partial charge on any atom is -0.497 e. The van der Waals surface area contributed by atoms with Crippen LogP contribution in [0.2, 0.25) is 0 Å². The molecule has 0 saturated heterocycles. The summed E-state index contributed by atoms with van der Waals surface area (Å²) in [6, 6.07) is 13.6. The van der Waals surface area contributed by atoms with Crippen molar-refractivity contribution in [3.63, 3.8) is 0 Å². The van der Waals surface area contributed by atoms with Crippen LogP contribution in [0.3, 0.4) is 0 Å². The van der Waals surface area contributed by atoms with Gasteiger partial charge in [0.05, 0.1) is 18.0 Å². The van der Waals surface area contributed by atoms with E-state index in [2.05, 4.69) is 10.1 Å². The molecular weight excluding hydrogens is 322 g/mol. The van der Waals surface area contributed by atoms with Crippen LogP contribution >= 0.6 is 0 Å². The highest BCUT2D eigenvalue weighted by molar-refractivity contribution is 5.79. The van der Waals surface area contributed by atoms with Crippen LogP contribution < -0.4 is 21.7 Å². The van der Waals surface area contributed by atoms with Crippen LogP contribution in [0.1, 0.15) is 0 Å². The average molecular weight is 335 g/mol. The molecule has 4 rings (SSSR count). The first-order valence-electron chi connectivity index (χ1n) is 7.44. The highest BCUT2D eigenvalue weighted by Gasteiger charge is 2.15. The molecule has 8 heteroatoms. The SMILES string of the molecule is COc1ccc(-c2nn3c(=O)c4ccccc4nc3n(N)c2=O)cc1. The Kier molecular flexibility index (Phi) is 3.24. The Bertz CT molecular complexity index is 1230. The molecule has 0 aliphatic heterocycles. The lowest BCUT2D eigenvalue weighted by Gasteiger charge is -2.09. The number of methoxy groups -OCH3 is 1. The van der Waals surface area contributed by atoms with Gasteiger partial charge in [-0.05, 0) is 36.4 Å². The lowest BCUT2D eigenvalue weighted by Crippen LogP contribution is -2.36. The van der Waals surface area contributed by atoms with Gasteiger partial charge >= 0.3 is 0 Å². The summed E-state index contributed by atoms with van der Waals surface area (Å²) in [5.41, 5.74) is 0.0794. The van der Waals surface area contributed by atoms with E-state index in [-0.39, 0.29) is 11.5 Å². The number of rotatable bonds is 2. The van der Waals surface area contributed by atoms with Crippen molar-refractivity contribution in [2.24, 2.45) is 0 Å². The van der Waals surface area contributed by atoms with E-state index in [1.807, 2.05) is 0 Å². The highest BCUT2D eigenvalue weighted by Crippen LogP contribution is 2.18. The zero-order valence-corrected chi connectivity index (χ0v) is 13.2. The minimum absolute atomic E-state index is 0.0223. The second kappa shape index (κ2) is 5.45. The molecule has 0 saturated carbocycles. The zero-order chi connectivity index (χ0) is 17.6. The molecule has 2 heterocycles. The van der Waals surface area contributed by atoms with E-state index in [1.165, 1.54) is 0 Å². The number of fused-ring (bicyclic) bond motifs is 2. The number of nitrogen functional groups attached to an aromatic ring is 1. The number of benzene rings is 2. The van der Waals surface area contributed by atoms with E-state index in [0.29, 0.717) is 22.2 Å². The van der Waals surface area contributed by atoms with E-state index >= 15 is 0 Å². The average Bonchev–Trinajstić information content (AvgIpc) is 2.65. The van der Waals surface area contributed by atoms with Gasteiger partial charge in [-0.25, -0.2) is 4.98 Å². The summed E-state index contributed by atoms with van der Waals surface area (Å²) in [6.07, 6.45) is 0. The van der Waals surface area contributed by atoms with Gasteiger partial charge in [-0.1, -0.05) is 12.1 Å². The molecule has 2 aromatic carbocycles. The van der Waals surface area contributed by atoms with Crippen LogP contribution in [0.25, 0.3) is 27.9 Å². The molecule has 0 radical (unpaired) electrons. The van der Waals surface area contributed by atoms with Gasteiger partial charge in [0.15, 0.2) is 5.69 Å². The van der Waals surface area contributed by atoms with E-state index < -0.39 is 11.1 Å². The lowest BCUT2D eigenvalue weighted by molar-refractivity contribution is 0.415. The number of nitrogens with zero attached hydrogens (tertiary/aromatic N) is 4. The van der Waals surface area contributed by atoms with Gasteiger partial charge in [0, 0.05) is 5.56 Å². The number of aromatic nitrogens is 4. The molecule has 124 valence electrons. The minimum atomic E-state index is -0.549. The Morgan fingerprint density at radius 1 is 1.00 bits per heavy atom. The Balaban J connectivity index is 2.08. The molecule has 0 amide bonds. The second-order valence-electron chi connectivity index (χ2n) is 5.40. The lowest BCUT2D eigenvalue weighted by atomic mass is 10.1. The largest absolute Gasteiger partial charge is 0.497 e. The Hall–Kier alpha value is -3.68. The molecule has 4 aromatic rings. The highest BCUT2D eigenvalue weighted by atomic mass is 16.5. The molecule has 2 N–H and O–H groups in total. The van der Waals surface area contributed by atoms with Crippen LogP contribution in [-0.2, 0) is 0 Å². The molecule has 0 unspecified atom stereocenters. The van der Waals surface area contributed by atoms with Crippen molar-refractivity contribution in [3.05, 3.63) is 69.2 Å². The molecule has 0 fully saturated rings. The smallest absolute Gasteiger partial charge is 0.300 e. The fourth-order valence-corrected chi connectivity index (χ4v) is 2.64. The van der Waals surface area contributed by atoms with Gasteiger partial charge in [0.25, 0.3) is 16.9 Å². The molecular formula is C17H13N5O3. The molecule has 0 atom stereocenters. The number of para-hydroxylation sites is 1. The molecule has 0 aliphatic rings. The van der Waals surface area contributed by atoms with Gasteiger partial charge in [-0.2, -0.15) is 14.3 Å². The number of ether oxygens (including phenoxy) is 1. The van der Waals surface area contributed by atoms with Crippen molar-refractivity contribution in [1.82, 2.24) is 19.3 Å². The van der Waals surface area contributed by atoms with E-state index in [1.54, 1.807) is 55.6 Å². The first-order valence-corrected chi connectivity index (χ1v) is 7.44. The van der Waals surface area contributed by atoms with Crippen LogP contribution in [0.4, 0.5) is 0 Å². The van der Waals surface area contributed by atoms with Gasteiger partial charge < -0.3 is 10.6 Å². The van der Waals surface area contributed by atoms with E-state index in [0.717, 1.165) is 9.19 Å². The van der Waals surface area contributed by atoms with Crippen LogP contribution in [0.5, 0.6) is 5.75 Å². The third kappa shape index (κ3) is 2.23. The summed E-state index contributed by atoms with van der Waals surface area (Å²) >= 11 is 0. The fourth-order valence-electron chi connectivity index (χ4n) is 2.64.